The predicted octanol–water partition coefficient (Wildman–Crippen LogP) is 2.10. The monoisotopic (exact) mass is 254 g/mol. The van der Waals surface area contributed by atoms with Gasteiger partial charge in [-0.25, -0.2) is 0 Å². The minimum Gasteiger partial charge on any atom is -0.391 e. The van der Waals surface area contributed by atoms with E-state index in [0.717, 1.165) is 26.1 Å². The van der Waals surface area contributed by atoms with Gasteiger partial charge in [0.2, 0.25) is 0 Å². The molecule has 1 saturated carbocycles. The molecule has 18 heavy (non-hydrogen) atoms. The van der Waals surface area contributed by atoms with Crippen LogP contribution in [0.1, 0.15) is 52.4 Å². The van der Waals surface area contributed by atoms with Crippen molar-refractivity contribution in [2.45, 2.75) is 70.6 Å². The van der Waals surface area contributed by atoms with E-state index < -0.39 is 0 Å². The van der Waals surface area contributed by atoms with Crippen molar-refractivity contribution >= 4 is 0 Å². The van der Waals surface area contributed by atoms with Gasteiger partial charge in [0.25, 0.3) is 0 Å². The van der Waals surface area contributed by atoms with E-state index in [-0.39, 0.29) is 6.10 Å². The summed E-state index contributed by atoms with van der Waals surface area (Å²) in [7, 11) is 0. The van der Waals surface area contributed by atoms with Gasteiger partial charge in [-0.15, -0.1) is 0 Å². The van der Waals surface area contributed by atoms with Crippen LogP contribution in [0.5, 0.6) is 0 Å². The zero-order chi connectivity index (χ0) is 13.0. The zero-order valence-electron chi connectivity index (χ0n) is 12.1. The van der Waals surface area contributed by atoms with Gasteiger partial charge in [-0.2, -0.15) is 0 Å². The molecule has 106 valence electrons. The third kappa shape index (κ3) is 3.46. The molecular weight excluding hydrogens is 224 g/mol. The van der Waals surface area contributed by atoms with E-state index in [2.05, 4.69) is 23.6 Å². The van der Waals surface area contributed by atoms with E-state index in [4.69, 9.17) is 0 Å². The summed E-state index contributed by atoms with van der Waals surface area (Å²) in [5.41, 5.74) is 0. The lowest BCUT2D eigenvalue weighted by atomic mass is 9.92. The fraction of sp³-hybridized carbons (Fsp3) is 1.00. The van der Waals surface area contributed by atoms with Crippen LogP contribution in [-0.4, -0.2) is 59.3 Å². The first-order chi connectivity index (χ1) is 8.72. The minimum absolute atomic E-state index is 0.0920. The first-order valence-electron chi connectivity index (χ1n) is 7.88. The third-order valence-electron chi connectivity index (χ3n) is 4.87. The number of likely N-dealkylation sites (N-methyl/N-ethyl adjacent to an activating group) is 1. The van der Waals surface area contributed by atoms with Gasteiger partial charge in [0.1, 0.15) is 0 Å². The maximum Gasteiger partial charge on any atom is 0.0695 e. The van der Waals surface area contributed by atoms with E-state index in [1.165, 1.54) is 38.6 Å². The van der Waals surface area contributed by atoms with E-state index >= 15 is 0 Å². The van der Waals surface area contributed by atoms with Crippen LogP contribution in [0.2, 0.25) is 0 Å². The van der Waals surface area contributed by atoms with Crippen molar-refractivity contribution < 1.29 is 5.11 Å². The SMILES string of the molecule is CCN1CCN(C2CCCCCCC2O)CC1C. The number of nitrogens with zero attached hydrogens (tertiary/aromatic N) is 2. The Morgan fingerprint density at radius 3 is 2.44 bits per heavy atom. The summed E-state index contributed by atoms with van der Waals surface area (Å²) < 4.78 is 0. The van der Waals surface area contributed by atoms with Gasteiger partial charge >= 0.3 is 0 Å². The fourth-order valence-electron chi connectivity index (χ4n) is 3.67. The van der Waals surface area contributed by atoms with E-state index in [9.17, 15) is 5.11 Å². The largest absolute Gasteiger partial charge is 0.391 e. The van der Waals surface area contributed by atoms with Crippen LogP contribution in [0, 0.1) is 0 Å². The maximum absolute atomic E-state index is 10.4. The van der Waals surface area contributed by atoms with Gasteiger partial charge in [-0.3, -0.25) is 9.80 Å². The summed E-state index contributed by atoms with van der Waals surface area (Å²) in [5.74, 6) is 0. The lowest BCUT2D eigenvalue weighted by Crippen LogP contribution is -2.57. The second-order valence-corrected chi connectivity index (χ2v) is 6.10. The Kier molecular flexibility index (Phi) is 5.46. The molecule has 0 aromatic rings. The van der Waals surface area contributed by atoms with E-state index in [0.29, 0.717) is 12.1 Å². The molecule has 0 aromatic heterocycles. The van der Waals surface area contributed by atoms with Gasteiger partial charge in [0.05, 0.1) is 6.10 Å². The van der Waals surface area contributed by atoms with E-state index in [1.54, 1.807) is 0 Å². The third-order valence-corrected chi connectivity index (χ3v) is 4.87. The molecule has 1 heterocycles. The molecule has 1 aliphatic carbocycles. The maximum atomic E-state index is 10.4. The fourth-order valence-corrected chi connectivity index (χ4v) is 3.67. The van der Waals surface area contributed by atoms with Crippen LogP contribution < -0.4 is 0 Å². The van der Waals surface area contributed by atoms with Crippen LogP contribution in [0.25, 0.3) is 0 Å². The molecule has 1 saturated heterocycles. The molecule has 3 nitrogen and oxygen atoms in total. The van der Waals surface area contributed by atoms with Crippen LogP contribution in [-0.2, 0) is 0 Å². The quantitative estimate of drug-likeness (QED) is 0.817. The summed E-state index contributed by atoms with van der Waals surface area (Å²) in [5, 5.41) is 10.4. The minimum atomic E-state index is -0.0920. The topological polar surface area (TPSA) is 26.7 Å². The van der Waals surface area contributed by atoms with Crippen molar-refractivity contribution in [3.63, 3.8) is 0 Å². The van der Waals surface area contributed by atoms with Crippen LogP contribution in [0.4, 0.5) is 0 Å². The summed E-state index contributed by atoms with van der Waals surface area (Å²) in [6.07, 6.45) is 7.28. The Morgan fingerprint density at radius 1 is 1.06 bits per heavy atom. The molecule has 0 radical (unpaired) electrons. The van der Waals surface area contributed by atoms with Gasteiger partial charge in [-0.1, -0.05) is 32.6 Å². The lowest BCUT2D eigenvalue weighted by Gasteiger charge is -2.44. The van der Waals surface area contributed by atoms with Crippen molar-refractivity contribution in [1.29, 1.82) is 0 Å². The highest BCUT2D eigenvalue weighted by molar-refractivity contribution is 4.87. The summed E-state index contributed by atoms with van der Waals surface area (Å²) in [6.45, 7) is 9.17. The number of hydrogen-bond acceptors (Lipinski definition) is 3. The Bertz CT molecular complexity index is 247. The Labute approximate surface area is 112 Å². The first-order valence-corrected chi connectivity index (χ1v) is 7.88. The lowest BCUT2D eigenvalue weighted by molar-refractivity contribution is -0.00961. The molecule has 2 aliphatic rings. The second-order valence-electron chi connectivity index (χ2n) is 6.10. The van der Waals surface area contributed by atoms with Crippen LogP contribution in [0.3, 0.4) is 0 Å². The highest BCUT2D eigenvalue weighted by Gasteiger charge is 2.31. The Morgan fingerprint density at radius 2 is 1.78 bits per heavy atom. The first kappa shape index (κ1) is 14.3. The second kappa shape index (κ2) is 6.88. The molecule has 0 bridgehead atoms. The average molecular weight is 254 g/mol. The molecule has 0 amide bonds. The average Bonchev–Trinajstić information content (AvgIpc) is 2.34. The standard InChI is InChI=1S/C15H30N2O/c1-3-16-10-11-17(12-13(16)2)14-8-6-4-5-7-9-15(14)18/h13-15,18H,3-12H2,1-2H3. The Balaban J connectivity index is 1.92. The molecule has 3 atom stereocenters. The van der Waals surface area contributed by atoms with Crippen molar-refractivity contribution in [2.75, 3.05) is 26.2 Å². The number of rotatable bonds is 2. The number of aliphatic hydroxyl groups excluding tert-OH is 1. The number of aliphatic hydroxyl groups is 1. The Hall–Kier alpha value is -0.120. The molecule has 0 aromatic carbocycles. The molecule has 1 N–H and O–H groups in total. The van der Waals surface area contributed by atoms with Crippen molar-refractivity contribution in [3.05, 3.63) is 0 Å². The highest BCUT2D eigenvalue weighted by Crippen LogP contribution is 2.24. The van der Waals surface area contributed by atoms with Crippen molar-refractivity contribution in [1.82, 2.24) is 9.80 Å². The molecule has 0 spiro atoms. The summed E-state index contributed by atoms with van der Waals surface area (Å²) in [4.78, 5) is 5.11. The normalized spacial score (nSPS) is 37.2. The molecule has 3 unspecified atom stereocenters. The number of piperazine rings is 1. The van der Waals surface area contributed by atoms with Crippen molar-refractivity contribution in [3.8, 4) is 0 Å². The highest BCUT2D eigenvalue weighted by atomic mass is 16.3. The van der Waals surface area contributed by atoms with Crippen LogP contribution >= 0.6 is 0 Å². The summed E-state index contributed by atoms with van der Waals surface area (Å²) >= 11 is 0. The number of hydrogen-bond donors (Lipinski definition) is 1. The smallest absolute Gasteiger partial charge is 0.0695 e. The molecule has 1 aliphatic heterocycles. The van der Waals surface area contributed by atoms with Gasteiger partial charge in [0, 0.05) is 31.7 Å². The van der Waals surface area contributed by atoms with Gasteiger partial charge in [-0.05, 0) is 26.3 Å². The molecular formula is C15H30N2O. The zero-order valence-corrected chi connectivity index (χ0v) is 12.1. The molecule has 3 heteroatoms. The molecule has 2 rings (SSSR count). The van der Waals surface area contributed by atoms with E-state index in [1.807, 2.05) is 0 Å². The van der Waals surface area contributed by atoms with Gasteiger partial charge in [0.15, 0.2) is 0 Å². The molecule has 2 fully saturated rings. The summed E-state index contributed by atoms with van der Waals surface area (Å²) in [6, 6.07) is 1.06. The van der Waals surface area contributed by atoms with Gasteiger partial charge < -0.3 is 5.11 Å². The van der Waals surface area contributed by atoms with Crippen molar-refractivity contribution in [2.24, 2.45) is 0 Å². The van der Waals surface area contributed by atoms with Crippen LogP contribution in [0.15, 0.2) is 0 Å². The predicted molar refractivity (Wildman–Crippen MR) is 75.8 cm³/mol.